The summed E-state index contributed by atoms with van der Waals surface area (Å²) in [6.07, 6.45) is 3.07. The number of aryl methyl sites for hydroxylation is 1. The molecule has 1 aliphatic heterocycles. The molecule has 0 radical (unpaired) electrons. The van der Waals surface area contributed by atoms with E-state index in [1.807, 2.05) is 25.4 Å². The molecule has 0 amide bonds. The summed E-state index contributed by atoms with van der Waals surface area (Å²) in [5.74, 6) is 0.536. The number of nitrogen functional groups attached to an aromatic ring is 1. The Hall–Kier alpha value is -3.62. The number of nitrogens with one attached hydrogen (secondary N) is 1. The van der Waals surface area contributed by atoms with Gasteiger partial charge in [-0.25, -0.2) is 9.97 Å². The zero-order valence-corrected chi connectivity index (χ0v) is 19.0. The van der Waals surface area contributed by atoms with Crippen molar-refractivity contribution in [2.75, 3.05) is 39.0 Å². The molecule has 0 bridgehead atoms. The summed E-state index contributed by atoms with van der Waals surface area (Å²) in [6.45, 7) is 5.38. The van der Waals surface area contributed by atoms with Gasteiger partial charge in [-0.15, -0.1) is 0 Å². The number of nitrogens with zero attached hydrogens (tertiary/aromatic N) is 6. The third-order valence-corrected chi connectivity index (χ3v) is 6.35. The van der Waals surface area contributed by atoms with E-state index >= 15 is 0 Å². The van der Waals surface area contributed by atoms with E-state index in [9.17, 15) is 0 Å². The van der Waals surface area contributed by atoms with Gasteiger partial charge < -0.3 is 16.0 Å². The number of nitrogens with two attached hydrogens (primary N) is 1. The molecule has 3 heterocycles. The number of rotatable bonds is 5. The lowest BCUT2D eigenvalue weighted by Crippen LogP contribution is -2.43. The van der Waals surface area contributed by atoms with Crippen LogP contribution >= 0.6 is 0 Å². The molecule has 8 heteroatoms. The smallest absolute Gasteiger partial charge is 0.163 e. The maximum atomic E-state index is 7.82. The van der Waals surface area contributed by atoms with Crippen LogP contribution < -0.4 is 5.73 Å². The molecule has 4 aromatic rings. The van der Waals surface area contributed by atoms with Crippen LogP contribution in [-0.4, -0.2) is 69.0 Å². The first-order chi connectivity index (χ1) is 16.0. The summed E-state index contributed by atoms with van der Waals surface area (Å²) < 4.78 is 1.75. The van der Waals surface area contributed by atoms with Crippen LogP contribution in [-0.2, 0) is 13.6 Å². The number of likely N-dealkylation sites (N-methyl/N-ethyl adjacent to an activating group) is 1. The summed E-state index contributed by atoms with van der Waals surface area (Å²) in [5, 5.41) is 13.1. The van der Waals surface area contributed by atoms with Crippen LogP contribution in [0.4, 0.5) is 5.69 Å². The fourth-order valence-corrected chi connectivity index (χ4v) is 4.33. The van der Waals surface area contributed by atoms with Crippen molar-refractivity contribution in [3.8, 4) is 22.6 Å². The van der Waals surface area contributed by atoms with Gasteiger partial charge in [0.1, 0.15) is 0 Å². The maximum absolute atomic E-state index is 7.82. The molecule has 0 aliphatic carbocycles. The molecule has 3 N–H and O–H groups in total. The number of fused-ring (bicyclic) bond motifs is 1. The molecule has 33 heavy (non-hydrogen) atoms. The first-order valence-electron chi connectivity index (χ1n) is 11.1. The van der Waals surface area contributed by atoms with Crippen molar-refractivity contribution in [3.05, 3.63) is 59.8 Å². The minimum atomic E-state index is 0.533. The number of piperazine rings is 1. The van der Waals surface area contributed by atoms with E-state index in [2.05, 4.69) is 46.2 Å². The molecule has 5 rings (SSSR count). The Balaban J connectivity index is 1.53. The van der Waals surface area contributed by atoms with E-state index in [1.165, 1.54) is 11.8 Å². The summed E-state index contributed by atoms with van der Waals surface area (Å²) >= 11 is 0. The van der Waals surface area contributed by atoms with Crippen molar-refractivity contribution in [1.82, 2.24) is 29.5 Å². The topological polar surface area (TPSA) is 100.0 Å². The Morgan fingerprint density at radius 3 is 2.48 bits per heavy atom. The van der Waals surface area contributed by atoms with E-state index in [0.29, 0.717) is 17.1 Å². The molecule has 8 nitrogen and oxygen atoms in total. The Bertz CT molecular complexity index is 1300. The zero-order chi connectivity index (χ0) is 22.9. The Labute approximate surface area is 193 Å². The molecule has 168 valence electrons. The molecule has 2 aromatic heterocycles. The Morgan fingerprint density at radius 2 is 1.76 bits per heavy atom. The van der Waals surface area contributed by atoms with Crippen LogP contribution in [0.3, 0.4) is 0 Å². The highest BCUT2D eigenvalue weighted by molar-refractivity contribution is 5.96. The summed E-state index contributed by atoms with van der Waals surface area (Å²) in [5.41, 5.74) is 11.9. The van der Waals surface area contributed by atoms with Crippen molar-refractivity contribution in [2.24, 2.45) is 7.05 Å². The van der Waals surface area contributed by atoms with E-state index < -0.39 is 0 Å². The molecular formula is C25H28N8. The highest BCUT2D eigenvalue weighted by Gasteiger charge is 2.18. The van der Waals surface area contributed by atoms with Gasteiger partial charge in [-0.2, -0.15) is 5.10 Å². The van der Waals surface area contributed by atoms with Crippen LogP contribution in [0.1, 0.15) is 11.1 Å². The molecule has 0 spiro atoms. The van der Waals surface area contributed by atoms with E-state index in [0.717, 1.165) is 60.6 Å². The Kier molecular flexibility index (Phi) is 5.62. The third kappa shape index (κ3) is 4.10. The highest BCUT2D eigenvalue weighted by Crippen LogP contribution is 2.31. The second-order valence-electron chi connectivity index (χ2n) is 8.63. The Morgan fingerprint density at radius 1 is 1.00 bits per heavy atom. The molecule has 0 atom stereocenters. The second kappa shape index (κ2) is 8.73. The van der Waals surface area contributed by atoms with Gasteiger partial charge in [0, 0.05) is 68.4 Å². The van der Waals surface area contributed by atoms with Gasteiger partial charge in [-0.05, 0) is 18.7 Å². The van der Waals surface area contributed by atoms with Gasteiger partial charge in [0.05, 0.1) is 17.3 Å². The highest BCUT2D eigenvalue weighted by atomic mass is 15.3. The van der Waals surface area contributed by atoms with Gasteiger partial charge in [-0.3, -0.25) is 9.58 Å². The predicted molar refractivity (Wildman–Crippen MR) is 132 cm³/mol. The average molecular weight is 441 g/mol. The maximum Gasteiger partial charge on any atom is 0.163 e. The lowest BCUT2D eigenvalue weighted by molar-refractivity contribution is 0.148. The minimum Gasteiger partial charge on any atom is -0.398 e. The number of benzene rings is 2. The van der Waals surface area contributed by atoms with Crippen molar-refractivity contribution < 1.29 is 0 Å². The van der Waals surface area contributed by atoms with Crippen LogP contribution in [0.25, 0.3) is 33.7 Å². The lowest BCUT2D eigenvalue weighted by atomic mass is 10.0. The first-order valence-corrected chi connectivity index (χ1v) is 11.1. The normalized spacial score (nSPS) is 15.2. The van der Waals surface area contributed by atoms with Crippen molar-refractivity contribution >= 4 is 22.9 Å². The van der Waals surface area contributed by atoms with Gasteiger partial charge in [-0.1, -0.05) is 36.4 Å². The van der Waals surface area contributed by atoms with Gasteiger partial charge in [0.25, 0.3) is 0 Å². The standard InChI is InChI=1S/C25H28N8/c1-31-10-12-33(13-11-31)16-17-6-8-18(9-7-17)23-21-15-28-32(2)25(21)30-24(29-23)19-4-3-5-22(27)20(19)14-26/h3-9,14-15,26H,10-13,16,27H2,1-2H3. The van der Waals surface area contributed by atoms with E-state index in [4.69, 9.17) is 21.1 Å². The van der Waals surface area contributed by atoms with Gasteiger partial charge >= 0.3 is 0 Å². The number of hydrogen-bond donors (Lipinski definition) is 2. The molecule has 1 fully saturated rings. The van der Waals surface area contributed by atoms with Crippen LogP contribution in [0.15, 0.2) is 48.7 Å². The second-order valence-corrected chi connectivity index (χ2v) is 8.63. The van der Waals surface area contributed by atoms with Crippen molar-refractivity contribution in [1.29, 1.82) is 5.41 Å². The minimum absolute atomic E-state index is 0.533. The summed E-state index contributed by atoms with van der Waals surface area (Å²) in [6, 6.07) is 14.2. The third-order valence-electron chi connectivity index (χ3n) is 6.35. The summed E-state index contributed by atoms with van der Waals surface area (Å²) in [7, 11) is 4.05. The average Bonchev–Trinajstić information content (AvgIpc) is 3.21. The fourth-order valence-electron chi connectivity index (χ4n) is 4.33. The molecule has 1 aliphatic rings. The quantitative estimate of drug-likeness (QED) is 0.366. The van der Waals surface area contributed by atoms with Crippen LogP contribution in [0.5, 0.6) is 0 Å². The van der Waals surface area contributed by atoms with Crippen LogP contribution in [0, 0.1) is 5.41 Å². The van der Waals surface area contributed by atoms with Gasteiger partial charge in [0.2, 0.25) is 0 Å². The molecular weight excluding hydrogens is 412 g/mol. The zero-order valence-electron chi connectivity index (χ0n) is 19.0. The predicted octanol–water partition coefficient (Wildman–Crippen LogP) is 3.02. The number of aromatic nitrogens is 4. The lowest BCUT2D eigenvalue weighted by Gasteiger charge is -2.32. The molecule has 2 aromatic carbocycles. The molecule has 0 unspecified atom stereocenters. The molecule has 1 saturated heterocycles. The number of hydrogen-bond acceptors (Lipinski definition) is 7. The first kappa shape index (κ1) is 21.2. The van der Waals surface area contributed by atoms with Crippen molar-refractivity contribution in [2.45, 2.75) is 6.54 Å². The van der Waals surface area contributed by atoms with E-state index in [1.54, 1.807) is 10.7 Å². The van der Waals surface area contributed by atoms with Crippen LogP contribution in [0.2, 0.25) is 0 Å². The largest absolute Gasteiger partial charge is 0.398 e. The van der Waals surface area contributed by atoms with Crippen molar-refractivity contribution in [3.63, 3.8) is 0 Å². The summed E-state index contributed by atoms with van der Waals surface area (Å²) in [4.78, 5) is 14.5. The SMILES string of the molecule is CN1CCN(Cc2ccc(-c3nc(-c4cccc(N)c4C=N)nc4c3cnn4C)cc2)CC1. The monoisotopic (exact) mass is 440 g/mol. The fraction of sp³-hybridized carbons (Fsp3) is 0.280. The molecule has 0 saturated carbocycles. The van der Waals surface area contributed by atoms with Gasteiger partial charge in [0.15, 0.2) is 11.5 Å². The number of anilines is 1. The van der Waals surface area contributed by atoms with E-state index in [-0.39, 0.29) is 0 Å².